The van der Waals surface area contributed by atoms with Crippen LogP contribution in [0.2, 0.25) is 0 Å². The smallest absolute Gasteiger partial charge is 0.269 e. The van der Waals surface area contributed by atoms with Crippen molar-refractivity contribution in [2.45, 2.75) is 0 Å². The molecule has 29 heavy (non-hydrogen) atoms. The molecule has 0 aliphatic rings. The van der Waals surface area contributed by atoms with Gasteiger partial charge < -0.3 is 14.2 Å². The summed E-state index contributed by atoms with van der Waals surface area (Å²) in [7, 11) is 4.37. The molecule has 0 saturated carbocycles. The van der Waals surface area contributed by atoms with Gasteiger partial charge in [-0.3, -0.25) is 25.8 Å². The largest absolute Gasteiger partial charge is 0.493 e. The van der Waals surface area contributed by atoms with E-state index in [9.17, 15) is 9.59 Å². The summed E-state index contributed by atoms with van der Waals surface area (Å²) in [6.07, 6.45) is 2.98. The van der Waals surface area contributed by atoms with Gasteiger partial charge >= 0.3 is 0 Å². The van der Waals surface area contributed by atoms with Gasteiger partial charge in [0, 0.05) is 11.6 Å². The van der Waals surface area contributed by atoms with E-state index in [1.54, 1.807) is 6.08 Å². The summed E-state index contributed by atoms with van der Waals surface area (Å²) in [5.41, 5.74) is 5.98. The number of ether oxygens (including phenoxy) is 3. The number of nitrogens with one attached hydrogen (secondary N) is 3. The average molecular weight is 415 g/mol. The zero-order valence-electron chi connectivity index (χ0n) is 16.1. The van der Waals surface area contributed by atoms with Crippen molar-refractivity contribution in [3.8, 4) is 17.2 Å². The Bertz CT molecular complexity index is 891. The highest BCUT2D eigenvalue weighted by Crippen LogP contribution is 2.38. The van der Waals surface area contributed by atoms with Crippen molar-refractivity contribution < 1.29 is 23.8 Å². The van der Waals surface area contributed by atoms with Crippen molar-refractivity contribution in [1.82, 2.24) is 16.2 Å². The van der Waals surface area contributed by atoms with Crippen LogP contribution in [-0.4, -0.2) is 38.3 Å². The maximum atomic E-state index is 12.4. The maximum absolute atomic E-state index is 12.4. The molecule has 3 N–H and O–H groups in total. The Morgan fingerprint density at radius 2 is 1.55 bits per heavy atom. The first-order chi connectivity index (χ1) is 14.0. The molecule has 0 saturated heterocycles. The summed E-state index contributed by atoms with van der Waals surface area (Å²) in [6, 6.07) is 12.3. The first-order valence-electron chi connectivity index (χ1n) is 8.43. The van der Waals surface area contributed by atoms with Crippen LogP contribution in [0.3, 0.4) is 0 Å². The molecule has 0 aliphatic heterocycles. The molecule has 0 spiro atoms. The van der Waals surface area contributed by atoms with Gasteiger partial charge in [0.25, 0.3) is 5.91 Å². The van der Waals surface area contributed by atoms with Gasteiger partial charge in [-0.05, 0) is 36.0 Å². The van der Waals surface area contributed by atoms with E-state index in [4.69, 9.17) is 26.4 Å². The molecule has 8 nitrogen and oxygen atoms in total. The minimum Gasteiger partial charge on any atom is -0.493 e. The van der Waals surface area contributed by atoms with Gasteiger partial charge in [-0.2, -0.15) is 0 Å². The molecule has 0 radical (unpaired) electrons. The van der Waals surface area contributed by atoms with Crippen LogP contribution in [0.5, 0.6) is 17.2 Å². The Kier molecular flexibility index (Phi) is 7.99. The van der Waals surface area contributed by atoms with Gasteiger partial charge in [0.2, 0.25) is 11.7 Å². The van der Waals surface area contributed by atoms with E-state index in [1.807, 2.05) is 30.3 Å². The molecule has 9 heteroatoms. The van der Waals surface area contributed by atoms with Gasteiger partial charge in [0.05, 0.1) is 21.3 Å². The van der Waals surface area contributed by atoms with Crippen molar-refractivity contribution in [2.24, 2.45) is 0 Å². The number of thiocarbonyl (C=S) groups is 1. The van der Waals surface area contributed by atoms with Crippen LogP contribution in [0.15, 0.2) is 48.5 Å². The first-order valence-corrected chi connectivity index (χ1v) is 8.83. The molecule has 0 fully saturated rings. The Morgan fingerprint density at radius 3 is 2.10 bits per heavy atom. The summed E-state index contributed by atoms with van der Waals surface area (Å²) in [5.74, 6) is 0.0828. The lowest BCUT2D eigenvalue weighted by molar-refractivity contribution is -0.115. The van der Waals surface area contributed by atoms with E-state index in [-0.39, 0.29) is 10.7 Å². The van der Waals surface area contributed by atoms with E-state index < -0.39 is 11.8 Å². The number of carbonyl (C=O) groups excluding carboxylic acids is 2. The maximum Gasteiger partial charge on any atom is 0.269 e. The average Bonchev–Trinajstić information content (AvgIpc) is 2.75. The normalized spacial score (nSPS) is 10.2. The van der Waals surface area contributed by atoms with Crippen LogP contribution in [0.4, 0.5) is 0 Å². The highest BCUT2D eigenvalue weighted by atomic mass is 32.1. The first kappa shape index (κ1) is 21.7. The molecule has 0 aromatic heterocycles. The lowest BCUT2D eigenvalue weighted by Gasteiger charge is -2.14. The molecule has 0 bridgehead atoms. The van der Waals surface area contributed by atoms with Crippen LogP contribution >= 0.6 is 12.2 Å². The molecule has 0 heterocycles. The zero-order valence-corrected chi connectivity index (χ0v) is 17.0. The lowest BCUT2D eigenvalue weighted by atomic mass is 10.1. The third kappa shape index (κ3) is 6.22. The molecular formula is C20H21N3O5S. The monoisotopic (exact) mass is 415 g/mol. The predicted molar refractivity (Wildman–Crippen MR) is 113 cm³/mol. The van der Waals surface area contributed by atoms with Crippen molar-refractivity contribution in [2.75, 3.05) is 21.3 Å². The van der Waals surface area contributed by atoms with E-state index in [2.05, 4.69) is 16.2 Å². The number of hydrazine groups is 1. The van der Waals surface area contributed by atoms with E-state index in [1.165, 1.54) is 39.5 Å². The van der Waals surface area contributed by atoms with Crippen molar-refractivity contribution in [3.05, 3.63) is 59.7 Å². The molecule has 2 aromatic rings. The Labute approximate surface area is 173 Å². The molecule has 152 valence electrons. The number of amides is 2. The minimum atomic E-state index is -0.513. The Hall–Kier alpha value is -3.59. The predicted octanol–water partition coefficient (Wildman–Crippen LogP) is 2.06. The summed E-state index contributed by atoms with van der Waals surface area (Å²) < 4.78 is 15.6. The fourth-order valence-corrected chi connectivity index (χ4v) is 2.47. The molecule has 0 aliphatic carbocycles. The SMILES string of the molecule is COc1cc(C(=O)NNC(=S)NC(=O)/C=C/c2ccccc2)cc(OC)c1OC. The zero-order chi connectivity index (χ0) is 21.2. The second-order valence-corrected chi connectivity index (χ2v) is 5.96. The third-order valence-corrected chi connectivity index (χ3v) is 3.88. The molecular weight excluding hydrogens is 394 g/mol. The summed E-state index contributed by atoms with van der Waals surface area (Å²) in [4.78, 5) is 24.3. The number of methoxy groups -OCH3 is 3. The lowest BCUT2D eigenvalue weighted by Crippen LogP contribution is -2.48. The fourth-order valence-electron chi connectivity index (χ4n) is 2.32. The number of benzene rings is 2. The van der Waals surface area contributed by atoms with E-state index in [0.717, 1.165) is 5.56 Å². The summed E-state index contributed by atoms with van der Waals surface area (Å²) in [6.45, 7) is 0. The van der Waals surface area contributed by atoms with Crippen LogP contribution in [-0.2, 0) is 4.79 Å². The second-order valence-electron chi connectivity index (χ2n) is 5.56. The van der Waals surface area contributed by atoms with Crippen molar-refractivity contribution in [3.63, 3.8) is 0 Å². The summed E-state index contributed by atoms with van der Waals surface area (Å²) in [5, 5.41) is 2.37. The minimum absolute atomic E-state index is 0.0616. The van der Waals surface area contributed by atoms with Gasteiger partial charge in [-0.25, -0.2) is 0 Å². The Morgan fingerprint density at radius 1 is 0.931 bits per heavy atom. The number of carbonyl (C=O) groups is 2. The molecule has 2 amide bonds. The van der Waals surface area contributed by atoms with E-state index >= 15 is 0 Å². The molecule has 2 rings (SSSR count). The van der Waals surface area contributed by atoms with Crippen molar-refractivity contribution in [1.29, 1.82) is 0 Å². The van der Waals surface area contributed by atoms with Gasteiger partial charge in [0.1, 0.15) is 0 Å². The fraction of sp³-hybridized carbons (Fsp3) is 0.150. The van der Waals surface area contributed by atoms with Crippen LogP contribution in [0.25, 0.3) is 6.08 Å². The molecule has 0 unspecified atom stereocenters. The summed E-state index contributed by atoms with van der Waals surface area (Å²) >= 11 is 5.01. The van der Waals surface area contributed by atoms with Crippen molar-refractivity contribution >= 4 is 35.2 Å². The van der Waals surface area contributed by atoms with Crippen LogP contribution in [0.1, 0.15) is 15.9 Å². The molecule has 0 atom stereocenters. The highest BCUT2D eigenvalue weighted by Gasteiger charge is 2.17. The third-order valence-electron chi connectivity index (χ3n) is 3.68. The van der Waals surface area contributed by atoms with Crippen LogP contribution < -0.4 is 30.4 Å². The van der Waals surface area contributed by atoms with Gasteiger partial charge in [0.15, 0.2) is 16.6 Å². The standard InChI is InChI=1S/C20H21N3O5S/c1-26-15-11-14(12-16(27-2)18(15)28-3)19(25)22-23-20(29)21-17(24)10-9-13-7-5-4-6-8-13/h4-12H,1-3H3,(H,22,25)(H2,21,23,24,29)/b10-9+. The number of rotatable bonds is 6. The number of hydrogen-bond acceptors (Lipinski definition) is 6. The van der Waals surface area contributed by atoms with Gasteiger partial charge in [-0.1, -0.05) is 30.3 Å². The van der Waals surface area contributed by atoms with Gasteiger partial charge in [-0.15, -0.1) is 0 Å². The topological polar surface area (TPSA) is 97.9 Å². The van der Waals surface area contributed by atoms with E-state index in [0.29, 0.717) is 17.2 Å². The number of hydrogen-bond donors (Lipinski definition) is 3. The Balaban J connectivity index is 1.94. The molecule has 2 aromatic carbocycles. The highest BCUT2D eigenvalue weighted by molar-refractivity contribution is 7.80. The quantitative estimate of drug-likeness (QED) is 0.377. The van der Waals surface area contributed by atoms with Crippen LogP contribution in [0, 0.1) is 0 Å². The second kappa shape index (κ2) is 10.7.